The van der Waals surface area contributed by atoms with Gasteiger partial charge in [-0.1, -0.05) is 27.2 Å². The van der Waals surface area contributed by atoms with Crippen LogP contribution in [0.2, 0.25) is 0 Å². The first-order valence-corrected chi connectivity index (χ1v) is 9.18. The molecule has 0 unspecified atom stereocenters. The number of thioether (sulfide) groups is 1. The number of rotatable bonds is 8. The highest BCUT2D eigenvalue weighted by Gasteiger charge is 2.11. The van der Waals surface area contributed by atoms with Crippen molar-refractivity contribution >= 4 is 40.2 Å². The van der Waals surface area contributed by atoms with Gasteiger partial charge in [0.2, 0.25) is 0 Å². The van der Waals surface area contributed by atoms with E-state index in [2.05, 4.69) is 60.6 Å². The summed E-state index contributed by atoms with van der Waals surface area (Å²) >= 11 is 4.28. The Morgan fingerprint density at radius 2 is 2.00 bits per heavy atom. The summed E-state index contributed by atoms with van der Waals surface area (Å²) in [6, 6.07) is 0. The molecule has 0 aliphatic heterocycles. The molecule has 0 aliphatic carbocycles. The van der Waals surface area contributed by atoms with Crippen LogP contribution in [-0.2, 0) is 12.2 Å². The van der Waals surface area contributed by atoms with Crippen LogP contribution in [0, 0.1) is 9.49 Å². The molecule has 1 aromatic heterocycles. The second-order valence-corrected chi connectivity index (χ2v) is 7.05. The number of nitrogens with one attached hydrogen (secondary N) is 1. The van der Waals surface area contributed by atoms with Gasteiger partial charge in [-0.15, -0.1) is 0 Å². The van der Waals surface area contributed by atoms with Gasteiger partial charge in [-0.25, -0.2) is 9.97 Å². The maximum absolute atomic E-state index is 4.72. The maximum Gasteiger partial charge on any atom is 0.143 e. The van der Waals surface area contributed by atoms with E-state index in [4.69, 9.17) is 4.98 Å². The predicted octanol–water partition coefficient (Wildman–Crippen LogP) is 4.35. The van der Waals surface area contributed by atoms with Crippen LogP contribution in [0.1, 0.15) is 45.6 Å². The zero-order chi connectivity index (χ0) is 14.3. The summed E-state index contributed by atoms with van der Waals surface area (Å²) in [7, 11) is 0. The van der Waals surface area contributed by atoms with Gasteiger partial charge in [-0.3, -0.25) is 0 Å². The van der Waals surface area contributed by atoms with Crippen molar-refractivity contribution in [2.45, 2.75) is 46.3 Å². The van der Waals surface area contributed by atoms with Crippen LogP contribution in [-0.4, -0.2) is 22.3 Å². The fourth-order valence-electron chi connectivity index (χ4n) is 1.68. The third-order valence-corrected chi connectivity index (χ3v) is 4.98. The van der Waals surface area contributed by atoms with Crippen molar-refractivity contribution in [1.82, 2.24) is 9.97 Å². The fraction of sp³-hybridized carbons (Fsp3) is 0.714. The highest BCUT2D eigenvalue weighted by Crippen LogP contribution is 2.22. The Bertz CT molecular complexity index is 369. The van der Waals surface area contributed by atoms with Crippen molar-refractivity contribution in [2.75, 3.05) is 17.6 Å². The van der Waals surface area contributed by atoms with Crippen molar-refractivity contribution in [1.29, 1.82) is 0 Å². The highest BCUT2D eigenvalue weighted by atomic mass is 127. The zero-order valence-electron chi connectivity index (χ0n) is 12.3. The van der Waals surface area contributed by atoms with Gasteiger partial charge in [0, 0.05) is 6.54 Å². The number of hydrogen-bond acceptors (Lipinski definition) is 4. The molecule has 108 valence electrons. The average molecular weight is 393 g/mol. The molecule has 5 heteroatoms. The van der Waals surface area contributed by atoms with E-state index >= 15 is 0 Å². The summed E-state index contributed by atoms with van der Waals surface area (Å²) in [6.45, 7) is 9.68. The molecular weight excluding hydrogens is 369 g/mol. The number of nitrogens with zero attached hydrogens (tertiary/aromatic N) is 2. The Balaban J connectivity index is 2.84. The molecule has 0 fully saturated rings. The van der Waals surface area contributed by atoms with Crippen molar-refractivity contribution in [3.8, 4) is 0 Å². The smallest absolute Gasteiger partial charge is 0.143 e. The second-order valence-electron chi connectivity index (χ2n) is 4.94. The Morgan fingerprint density at radius 3 is 2.58 bits per heavy atom. The van der Waals surface area contributed by atoms with E-state index in [0.29, 0.717) is 0 Å². The third kappa shape index (κ3) is 5.85. The molecule has 19 heavy (non-hydrogen) atoms. The SMILES string of the molecule is CCCc1nc(CSCC(C)C)nc(NCC)c1I. The van der Waals surface area contributed by atoms with Crippen molar-refractivity contribution in [3.63, 3.8) is 0 Å². The molecule has 0 atom stereocenters. The number of anilines is 1. The predicted molar refractivity (Wildman–Crippen MR) is 93.9 cm³/mol. The minimum absolute atomic E-state index is 0.720. The summed E-state index contributed by atoms with van der Waals surface area (Å²) in [6.07, 6.45) is 2.15. The molecule has 1 rings (SSSR count). The Morgan fingerprint density at radius 1 is 1.26 bits per heavy atom. The topological polar surface area (TPSA) is 37.8 Å². The van der Waals surface area contributed by atoms with Gasteiger partial charge in [0.25, 0.3) is 0 Å². The van der Waals surface area contributed by atoms with Crippen LogP contribution >= 0.6 is 34.4 Å². The number of hydrogen-bond donors (Lipinski definition) is 1. The van der Waals surface area contributed by atoms with E-state index < -0.39 is 0 Å². The van der Waals surface area contributed by atoms with Crippen LogP contribution in [0.3, 0.4) is 0 Å². The number of aromatic nitrogens is 2. The highest BCUT2D eigenvalue weighted by molar-refractivity contribution is 14.1. The van der Waals surface area contributed by atoms with Gasteiger partial charge in [0.1, 0.15) is 11.6 Å². The molecule has 1 N–H and O–H groups in total. The molecule has 0 amide bonds. The zero-order valence-corrected chi connectivity index (χ0v) is 15.3. The monoisotopic (exact) mass is 393 g/mol. The minimum atomic E-state index is 0.720. The third-order valence-electron chi connectivity index (χ3n) is 2.48. The van der Waals surface area contributed by atoms with Crippen LogP contribution in [0.5, 0.6) is 0 Å². The molecule has 0 saturated heterocycles. The first-order valence-electron chi connectivity index (χ1n) is 6.95. The van der Waals surface area contributed by atoms with Crippen LogP contribution in [0.25, 0.3) is 0 Å². The molecule has 0 bridgehead atoms. The normalized spacial score (nSPS) is 11.1. The standard InChI is InChI=1S/C14H24IN3S/c1-5-7-11-13(15)14(16-6-2)18-12(17-11)9-19-8-10(3)4/h10H,5-9H2,1-4H3,(H,16,17,18). The summed E-state index contributed by atoms with van der Waals surface area (Å²) in [5, 5.41) is 3.35. The van der Waals surface area contributed by atoms with Crippen molar-refractivity contribution < 1.29 is 0 Å². The number of halogens is 1. The van der Waals surface area contributed by atoms with E-state index in [9.17, 15) is 0 Å². The fourth-order valence-corrected chi connectivity index (χ4v) is 3.28. The lowest BCUT2D eigenvalue weighted by molar-refractivity contribution is 0.749. The van der Waals surface area contributed by atoms with Gasteiger partial charge in [0.05, 0.1) is 15.0 Å². The van der Waals surface area contributed by atoms with Gasteiger partial charge in [0.15, 0.2) is 0 Å². The van der Waals surface area contributed by atoms with Gasteiger partial charge in [-0.05, 0) is 47.6 Å². The largest absolute Gasteiger partial charge is 0.369 e. The first-order chi connectivity index (χ1) is 9.08. The second kappa shape index (κ2) is 9.00. The van der Waals surface area contributed by atoms with Gasteiger partial charge < -0.3 is 5.32 Å². The molecule has 0 saturated carbocycles. The molecule has 0 aliphatic rings. The van der Waals surface area contributed by atoms with E-state index in [-0.39, 0.29) is 0 Å². The summed E-state index contributed by atoms with van der Waals surface area (Å²) in [5.41, 5.74) is 1.19. The molecule has 1 heterocycles. The maximum atomic E-state index is 4.72. The Hall–Kier alpha value is -0.0400. The lowest BCUT2D eigenvalue weighted by atomic mass is 10.2. The van der Waals surface area contributed by atoms with E-state index in [1.165, 1.54) is 9.26 Å². The summed E-state index contributed by atoms with van der Waals surface area (Å²) in [4.78, 5) is 9.37. The van der Waals surface area contributed by atoms with E-state index in [1.807, 2.05) is 11.8 Å². The lowest BCUT2D eigenvalue weighted by Crippen LogP contribution is -2.09. The van der Waals surface area contributed by atoms with E-state index in [0.717, 1.165) is 48.5 Å². The lowest BCUT2D eigenvalue weighted by Gasteiger charge is -2.12. The van der Waals surface area contributed by atoms with Gasteiger partial charge in [-0.2, -0.15) is 11.8 Å². The van der Waals surface area contributed by atoms with E-state index in [1.54, 1.807) is 0 Å². The molecule has 0 spiro atoms. The summed E-state index contributed by atoms with van der Waals surface area (Å²) < 4.78 is 1.18. The molecule has 3 nitrogen and oxygen atoms in total. The molecular formula is C14H24IN3S. The van der Waals surface area contributed by atoms with Crippen molar-refractivity contribution in [3.05, 3.63) is 15.1 Å². The van der Waals surface area contributed by atoms with Crippen LogP contribution in [0.15, 0.2) is 0 Å². The van der Waals surface area contributed by atoms with Crippen LogP contribution < -0.4 is 5.32 Å². The molecule has 0 radical (unpaired) electrons. The van der Waals surface area contributed by atoms with Crippen molar-refractivity contribution in [2.24, 2.45) is 5.92 Å². The quantitative estimate of drug-likeness (QED) is 0.667. The van der Waals surface area contributed by atoms with Crippen LogP contribution in [0.4, 0.5) is 5.82 Å². The average Bonchev–Trinajstić information content (AvgIpc) is 2.35. The minimum Gasteiger partial charge on any atom is -0.369 e. The Labute approximate surface area is 134 Å². The Kier molecular flexibility index (Phi) is 8.06. The molecule has 1 aromatic rings. The number of aryl methyl sites for hydroxylation is 1. The molecule has 0 aromatic carbocycles. The summed E-state index contributed by atoms with van der Waals surface area (Å²) in [5.74, 6) is 4.75. The van der Waals surface area contributed by atoms with Gasteiger partial charge >= 0.3 is 0 Å². The first kappa shape index (κ1) is 17.0.